The summed E-state index contributed by atoms with van der Waals surface area (Å²) in [7, 11) is 2.13. The monoisotopic (exact) mass is 300 g/mol. The molecule has 0 atom stereocenters. The molecule has 0 spiro atoms. The molecule has 1 aliphatic rings. The van der Waals surface area contributed by atoms with Crippen molar-refractivity contribution in [1.29, 1.82) is 0 Å². The molecule has 22 heavy (non-hydrogen) atoms. The lowest BCUT2D eigenvalue weighted by Crippen LogP contribution is -2.34. The van der Waals surface area contributed by atoms with Crippen LogP contribution in [0.5, 0.6) is 0 Å². The largest absolute Gasteiger partial charge is 0.383 e. The van der Waals surface area contributed by atoms with E-state index in [2.05, 4.69) is 28.8 Å². The summed E-state index contributed by atoms with van der Waals surface area (Å²) in [5.41, 5.74) is 14.5. The van der Waals surface area contributed by atoms with Gasteiger partial charge in [0.25, 0.3) is 0 Å². The topological polar surface area (TPSA) is 94.0 Å². The van der Waals surface area contributed by atoms with Crippen LogP contribution in [0.4, 0.5) is 17.6 Å². The molecule has 0 amide bonds. The molecule has 118 valence electrons. The zero-order valence-corrected chi connectivity index (χ0v) is 13.6. The molecule has 1 saturated carbocycles. The summed E-state index contributed by atoms with van der Waals surface area (Å²) in [6.45, 7) is 4.14. The molecule has 0 aliphatic heterocycles. The Morgan fingerprint density at radius 2 is 1.64 bits per heavy atom. The van der Waals surface area contributed by atoms with E-state index in [4.69, 9.17) is 16.5 Å². The van der Waals surface area contributed by atoms with E-state index >= 15 is 0 Å². The SMILES string of the molecule is Cc1c(N(C)C2CCCCC2)nc2nc(N)nc(N)c2c1C. The minimum absolute atomic E-state index is 0.173. The zero-order valence-electron chi connectivity index (χ0n) is 13.6. The molecule has 0 radical (unpaired) electrons. The fourth-order valence-electron chi connectivity index (χ4n) is 3.45. The summed E-state index contributed by atoms with van der Waals surface area (Å²) < 4.78 is 0. The highest BCUT2D eigenvalue weighted by Gasteiger charge is 2.23. The predicted octanol–water partition coefficient (Wildman–Crippen LogP) is 2.57. The number of nitrogen functional groups attached to an aromatic ring is 2. The summed E-state index contributed by atoms with van der Waals surface area (Å²) in [5, 5.41) is 0.812. The fourth-order valence-corrected chi connectivity index (χ4v) is 3.45. The van der Waals surface area contributed by atoms with Crippen LogP contribution < -0.4 is 16.4 Å². The maximum atomic E-state index is 6.01. The minimum Gasteiger partial charge on any atom is -0.383 e. The third-order valence-electron chi connectivity index (χ3n) is 4.88. The van der Waals surface area contributed by atoms with Crippen molar-refractivity contribution >= 4 is 28.6 Å². The van der Waals surface area contributed by atoms with Crippen molar-refractivity contribution in [3.63, 3.8) is 0 Å². The van der Waals surface area contributed by atoms with E-state index < -0.39 is 0 Å². The Kier molecular flexibility index (Phi) is 3.76. The van der Waals surface area contributed by atoms with Crippen molar-refractivity contribution < 1.29 is 0 Å². The lowest BCUT2D eigenvalue weighted by molar-refractivity contribution is 0.426. The van der Waals surface area contributed by atoms with Crippen LogP contribution in [-0.2, 0) is 0 Å². The van der Waals surface area contributed by atoms with Crippen LogP contribution in [0.1, 0.15) is 43.2 Å². The standard InChI is InChI=1S/C16H24N6/c1-9-10(2)15(22(3)11-7-5-4-6-8-11)20-14-12(9)13(17)19-16(18)21-14/h11H,4-8H2,1-3H3,(H4,17,18,19,20,21). The average Bonchev–Trinajstić information content (AvgIpc) is 2.50. The van der Waals surface area contributed by atoms with Crippen LogP contribution in [0.15, 0.2) is 0 Å². The van der Waals surface area contributed by atoms with Crippen molar-refractivity contribution in [3.05, 3.63) is 11.1 Å². The average molecular weight is 300 g/mol. The van der Waals surface area contributed by atoms with Crippen LogP contribution in [0.2, 0.25) is 0 Å². The first-order valence-corrected chi connectivity index (χ1v) is 7.91. The molecule has 2 aromatic rings. The summed E-state index contributed by atoms with van der Waals surface area (Å²) in [6, 6.07) is 0.549. The second-order valence-electron chi connectivity index (χ2n) is 6.25. The summed E-state index contributed by atoms with van der Waals surface area (Å²) in [5.74, 6) is 1.56. The minimum atomic E-state index is 0.173. The van der Waals surface area contributed by atoms with Gasteiger partial charge in [-0.3, -0.25) is 0 Å². The van der Waals surface area contributed by atoms with Crippen molar-refractivity contribution in [2.24, 2.45) is 0 Å². The van der Waals surface area contributed by atoms with Gasteiger partial charge in [-0.25, -0.2) is 4.98 Å². The Balaban J connectivity index is 2.11. The van der Waals surface area contributed by atoms with Gasteiger partial charge in [-0.05, 0) is 37.8 Å². The van der Waals surface area contributed by atoms with E-state index in [-0.39, 0.29) is 5.95 Å². The summed E-state index contributed by atoms with van der Waals surface area (Å²) >= 11 is 0. The zero-order chi connectivity index (χ0) is 15.9. The van der Waals surface area contributed by atoms with Gasteiger partial charge in [0.05, 0.1) is 5.39 Å². The van der Waals surface area contributed by atoms with Gasteiger partial charge in [-0.1, -0.05) is 19.3 Å². The van der Waals surface area contributed by atoms with E-state index in [1.807, 2.05) is 6.92 Å². The maximum Gasteiger partial charge on any atom is 0.224 e. The van der Waals surface area contributed by atoms with Gasteiger partial charge in [-0.15, -0.1) is 0 Å². The van der Waals surface area contributed by atoms with Crippen molar-refractivity contribution in [1.82, 2.24) is 15.0 Å². The molecule has 2 aromatic heterocycles. The second-order valence-corrected chi connectivity index (χ2v) is 6.25. The molecule has 6 heteroatoms. The van der Waals surface area contributed by atoms with Crippen molar-refractivity contribution in [2.45, 2.75) is 52.0 Å². The summed E-state index contributed by atoms with van der Waals surface area (Å²) in [6.07, 6.45) is 6.38. The predicted molar refractivity (Wildman–Crippen MR) is 90.9 cm³/mol. The number of fused-ring (bicyclic) bond motifs is 1. The first-order chi connectivity index (χ1) is 10.5. The molecule has 0 aromatic carbocycles. The highest BCUT2D eigenvalue weighted by atomic mass is 15.2. The lowest BCUT2D eigenvalue weighted by Gasteiger charge is -2.33. The van der Waals surface area contributed by atoms with Crippen LogP contribution >= 0.6 is 0 Å². The van der Waals surface area contributed by atoms with Gasteiger partial charge in [0.15, 0.2) is 5.65 Å². The van der Waals surface area contributed by atoms with E-state index in [9.17, 15) is 0 Å². The molecule has 0 saturated heterocycles. The van der Waals surface area contributed by atoms with E-state index in [0.29, 0.717) is 17.5 Å². The third-order valence-corrected chi connectivity index (χ3v) is 4.88. The number of rotatable bonds is 2. The van der Waals surface area contributed by atoms with E-state index in [0.717, 1.165) is 22.3 Å². The number of nitrogens with zero attached hydrogens (tertiary/aromatic N) is 4. The first-order valence-electron chi connectivity index (χ1n) is 7.91. The van der Waals surface area contributed by atoms with Gasteiger partial charge >= 0.3 is 0 Å². The second kappa shape index (κ2) is 5.59. The molecule has 0 unspecified atom stereocenters. The Labute approximate surface area is 130 Å². The van der Waals surface area contributed by atoms with Crippen LogP contribution in [0.3, 0.4) is 0 Å². The highest BCUT2D eigenvalue weighted by molar-refractivity contribution is 5.91. The van der Waals surface area contributed by atoms with Gasteiger partial charge < -0.3 is 16.4 Å². The number of aryl methyl sites for hydroxylation is 1. The van der Waals surface area contributed by atoms with E-state index in [1.54, 1.807) is 0 Å². The van der Waals surface area contributed by atoms with Gasteiger partial charge in [-0.2, -0.15) is 9.97 Å². The Morgan fingerprint density at radius 3 is 2.32 bits per heavy atom. The molecule has 1 aliphatic carbocycles. The Bertz CT molecular complexity index is 706. The number of anilines is 3. The maximum absolute atomic E-state index is 6.01. The smallest absolute Gasteiger partial charge is 0.224 e. The number of nitrogens with two attached hydrogens (primary N) is 2. The van der Waals surface area contributed by atoms with Crippen molar-refractivity contribution in [2.75, 3.05) is 23.4 Å². The Hall–Kier alpha value is -2.11. The van der Waals surface area contributed by atoms with Gasteiger partial charge in [0, 0.05) is 13.1 Å². The van der Waals surface area contributed by atoms with Crippen LogP contribution in [0.25, 0.3) is 11.0 Å². The molecule has 2 heterocycles. The Morgan fingerprint density at radius 1 is 0.955 bits per heavy atom. The molecule has 1 fully saturated rings. The van der Waals surface area contributed by atoms with Crippen LogP contribution in [-0.4, -0.2) is 28.0 Å². The quantitative estimate of drug-likeness (QED) is 0.885. The third kappa shape index (κ3) is 2.42. The lowest BCUT2D eigenvalue weighted by atomic mass is 9.94. The summed E-state index contributed by atoms with van der Waals surface area (Å²) in [4.78, 5) is 15.4. The van der Waals surface area contributed by atoms with E-state index in [1.165, 1.54) is 32.1 Å². The fraction of sp³-hybridized carbons (Fsp3) is 0.562. The highest BCUT2D eigenvalue weighted by Crippen LogP contribution is 2.32. The van der Waals surface area contributed by atoms with Crippen molar-refractivity contribution in [3.8, 4) is 0 Å². The number of pyridine rings is 1. The first kappa shape index (κ1) is 14.8. The van der Waals surface area contributed by atoms with Gasteiger partial charge in [0.2, 0.25) is 5.95 Å². The molecular formula is C16H24N6. The number of aromatic nitrogens is 3. The number of hydrogen-bond donors (Lipinski definition) is 2. The normalized spacial score (nSPS) is 16.1. The molecule has 3 rings (SSSR count). The number of hydrogen-bond acceptors (Lipinski definition) is 6. The molecule has 0 bridgehead atoms. The molecular weight excluding hydrogens is 276 g/mol. The van der Waals surface area contributed by atoms with Gasteiger partial charge in [0.1, 0.15) is 11.6 Å². The molecule has 4 N–H and O–H groups in total. The van der Waals surface area contributed by atoms with Crippen LogP contribution in [0, 0.1) is 13.8 Å². The molecule has 6 nitrogen and oxygen atoms in total.